The molecule has 0 fully saturated rings. The minimum absolute atomic E-state index is 0.231. The molecule has 8 heteroatoms. The van der Waals surface area contributed by atoms with Crippen LogP contribution in [0, 0.1) is 5.92 Å². The summed E-state index contributed by atoms with van der Waals surface area (Å²) in [6, 6.07) is 2.45. The fourth-order valence-corrected chi connectivity index (χ4v) is 2.52. The molecule has 1 heterocycles. The van der Waals surface area contributed by atoms with Crippen molar-refractivity contribution in [1.82, 2.24) is 10.0 Å². The smallest absolute Gasteiger partial charge is 0.262 e. The average Bonchev–Trinajstić information content (AvgIpc) is 2.75. The molecule has 0 aromatic carbocycles. The lowest BCUT2D eigenvalue weighted by Crippen LogP contribution is -2.50. The summed E-state index contributed by atoms with van der Waals surface area (Å²) in [5.74, 6) is -1.36. The van der Waals surface area contributed by atoms with Crippen molar-refractivity contribution in [2.75, 3.05) is 6.26 Å². The summed E-state index contributed by atoms with van der Waals surface area (Å²) in [5, 5.41) is 4.28. The van der Waals surface area contributed by atoms with Crippen molar-refractivity contribution in [2.24, 2.45) is 5.92 Å². The zero-order chi connectivity index (χ0) is 14.6. The Morgan fingerprint density at radius 1 is 1.32 bits per heavy atom. The van der Waals surface area contributed by atoms with Crippen LogP contribution in [0.25, 0.3) is 0 Å². The van der Waals surface area contributed by atoms with Crippen LogP contribution >= 0.6 is 11.3 Å². The predicted molar refractivity (Wildman–Crippen MR) is 73.4 cm³/mol. The van der Waals surface area contributed by atoms with E-state index < -0.39 is 27.9 Å². The summed E-state index contributed by atoms with van der Waals surface area (Å²) in [6.07, 6.45) is 0.892. The van der Waals surface area contributed by atoms with Crippen molar-refractivity contribution < 1.29 is 18.0 Å². The number of nitrogens with one attached hydrogen (secondary N) is 2. The number of carbonyl (C=O) groups excluding carboxylic acids is 2. The number of carbonyl (C=O) groups is 2. The quantitative estimate of drug-likeness (QED) is 0.832. The summed E-state index contributed by atoms with van der Waals surface area (Å²) in [5.41, 5.74) is 0. The van der Waals surface area contributed by atoms with E-state index in [1.165, 1.54) is 11.3 Å². The summed E-state index contributed by atoms with van der Waals surface area (Å²) in [7, 11) is -3.64. The molecule has 1 aromatic rings. The van der Waals surface area contributed by atoms with Gasteiger partial charge < -0.3 is 5.32 Å². The fraction of sp³-hybridized carbons (Fsp3) is 0.455. The van der Waals surface area contributed by atoms with Crippen LogP contribution in [0.5, 0.6) is 0 Å². The molecule has 2 N–H and O–H groups in total. The molecule has 0 spiro atoms. The maximum atomic E-state index is 11.9. The van der Waals surface area contributed by atoms with Gasteiger partial charge >= 0.3 is 0 Å². The summed E-state index contributed by atoms with van der Waals surface area (Å²) in [4.78, 5) is 24.1. The van der Waals surface area contributed by atoms with Gasteiger partial charge in [0.15, 0.2) is 0 Å². The lowest BCUT2D eigenvalue weighted by Gasteiger charge is -2.20. The van der Waals surface area contributed by atoms with E-state index in [9.17, 15) is 18.0 Å². The molecule has 0 saturated carbocycles. The molecule has 1 atom stereocenters. The minimum Gasteiger partial charge on any atom is -0.339 e. The van der Waals surface area contributed by atoms with Crippen LogP contribution in [0.15, 0.2) is 17.5 Å². The molecule has 0 aliphatic heterocycles. The number of hydrogen-bond donors (Lipinski definition) is 2. The highest BCUT2D eigenvalue weighted by atomic mass is 32.2. The van der Waals surface area contributed by atoms with E-state index in [0.717, 1.165) is 6.26 Å². The third-order valence-electron chi connectivity index (χ3n) is 2.27. The maximum Gasteiger partial charge on any atom is 0.262 e. The van der Waals surface area contributed by atoms with Crippen molar-refractivity contribution in [3.8, 4) is 0 Å². The standard InChI is InChI=1S/C11H16N2O4S2/c1-7(2)9(11(15)13-19(3,16)17)12-10(14)8-5-4-6-18-8/h4-7,9H,1-3H3,(H,12,14)(H,13,15)/t9-/m0/s1. The first kappa shape index (κ1) is 15.6. The number of sulfonamides is 1. The predicted octanol–water partition coefficient (Wildman–Crippen LogP) is 0.578. The van der Waals surface area contributed by atoms with Crippen LogP contribution < -0.4 is 10.0 Å². The molecule has 106 valence electrons. The summed E-state index contributed by atoms with van der Waals surface area (Å²) < 4.78 is 24.0. The zero-order valence-corrected chi connectivity index (χ0v) is 12.5. The van der Waals surface area contributed by atoms with E-state index >= 15 is 0 Å². The van der Waals surface area contributed by atoms with Gasteiger partial charge in [-0.15, -0.1) is 11.3 Å². The van der Waals surface area contributed by atoms with Crippen LogP contribution in [0.4, 0.5) is 0 Å². The molecule has 19 heavy (non-hydrogen) atoms. The molecule has 0 aliphatic rings. The van der Waals surface area contributed by atoms with Crippen molar-refractivity contribution >= 4 is 33.2 Å². The van der Waals surface area contributed by atoms with Gasteiger partial charge in [0.1, 0.15) is 6.04 Å². The second kappa shape index (κ2) is 6.16. The Hall–Kier alpha value is -1.41. The van der Waals surface area contributed by atoms with E-state index in [1.807, 2.05) is 4.72 Å². The van der Waals surface area contributed by atoms with Crippen LogP contribution in [0.1, 0.15) is 23.5 Å². The molecule has 0 saturated heterocycles. The molecule has 1 rings (SSSR count). The van der Waals surface area contributed by atoms with Crippen molar-refractivity contribution in [3.05, 3.63) is 22.4 Å². The molecule has 0 unspecified atom stereocenters. The number of rotatable bonds is 5. The van der Waals surface area contributed by atoms with Gasteiger partial charge in [-0.2, -0.15) is 0 Å². The number of thiophene rings is 1. The highest BCUT2D eigenvalue weighted by Gasteiger charge is 2.26. The SMILES string of the molecule is CC(C)[C@H](NC(=O)c1cccs1)C(=O)NS(C)(=O)=O. The molecule has 1 aromatic heterocycles. The van der Waals surface area contributed by atoms with E-state index in [4.69, 9.17) is 0 Å². The molecular weight excluding hydrogens is 288 g/mol. The Morgan fingerprint density at radius 2 is 1.95 bits per heavy atom. The number of hydrogen-bond acceptors (Lipinski definition) is 5. The first-order valence-corrected chi connectivity index (χ1v) is 8.34. The fourth-order valence-electron chi connectivity index (χ4n) is 1.40. The molecule has 2 amide bonds. The minimum atomic E-state index is -3.64. The van der Waals surface area contributed by atoms with Crippen LogP contribution in [-0.2, 0) is 14.8 Å². The third-order valence-corrected chi connectivity index (χ3v) is 3.71. The topological polar surface area (TPSA) is 92.3 Å². The first-order chi connectivity index (χ1) is 8.70. The highest BCUT2D eigenvalue weighted by molar-refractivity contribution is 7.89. The first-order valence-electron chi connectivity index (χ1n) is 5.56. The normalized spacial score (nSPS) is 13.1. The van der Waals surface area contributed by atoms with Gasteiger partial charge in [-0.05, 0) is 17.4 Å². The van der Waals surface area contributed by atoms with E-state index in [-0.39, 0.29) is 5.92 Å². The average molecular weight is 304 g/mol. The van der Waals surface area contributed by atoms with Gasteiger partial charge in [-0.25, -0.2) is 8.42 Å². The molecule has 6 nitrogen and oxygen atoms in total. The van der Waals surface area contributed by atoms with E-state index in [1.54, 1.807) is 31.4 Å². The van der Waals surface area contributed by atoms with Gasteiger partial charge in [-0.3, -0.25) is 14.3 Å². The van der Waals surface area contributed by atoms with Crippen LogP contribution in [-0.4, -0.2) is 32.5 Å². The highest BCUT2D eigenvalue weighted by Crippen LogP contribution is 2.10. The van der Waals surface area contributed by atoms with E-state index in [0.29, 0.717) is 4.88 Å². The lowest BCUT2D eigenvalue weighted by atomic mass is 10.0. The van der Waals surface area contributed by atoms with Crippen LogP contribution in [0.3, 0.4) is 0 Å². The Bertz CT molecular complexity index is 549. The number of amides is 2. The van der Waals surface area contributed by atoms with Gasteiger partial charge in [0.05, 0.1) is 11.1 Å². The molecule has 0 aliphatic carbocycles. The Kier molecular flexibility index (Phi) is 5.07. The monoisotopic (exact) mass is 304 g/mol. The van der Waals surface area contributed by atoms with E-state index in [2.05, 4.69) is 5.32 Å². The second-order valence-electron chi connectivity index (χ2n) is 4.41. The van der Waals surface area contributed by atoms with Crippen molar-refractivity contribution in [2.45, 2.75) is 19.9 Å². The van der Waals surface area contributed by atoms with Crippen LogP contribution in [0.2, 0.25) is 0 Å². The second-order valence-corrected chi connectivity index (χ2v) is 7.11. The maximum absolute atomic E-state index is 11.9. The van der Waals surface area contributed by atoms with Gasteiger partial charge in [-0.1, -0.05) is 19.9 Å². The Labute approximate surface area is 116 Å². The molecular formula is C11H16N2O4S2. The molecule has 0 bridgehead atoms. The lowest BCUT2D eigenvalue weighted by molar-refractivity contribution is -0.122. The Balaban J connectivity index is 2.79. The zero-order valence-electron chi connectivity index (χ0n) is 10.8. The van der Waals surface area contributed by atoms with Crippen molar-refractivity contribution in [3.63, 3.8) is 0 Å². The van der Waals surface area contributed by atoms with Gasteiger partial charge in [0.25, 0.3) is 11.8 Å². The third kappa shape index (κ3) is 4.99. The molecule has 0 radical (unpaired) electrons. The summed E-state index contributed by atoms with van der Waals surface area (Å²) >= 11 is 1.25. The van der Waals surface area contributed by atoms with Gasteiger partial charge in [0, 0.05) is 0 Å². The van der Waals surface area contributed by atoms with Gasteiger partial charge in [0.2, 0.25) is 10.0 Å². The van der Waals surface area contributed by atoms with Crippen molar-refractivity contribution in [1.29, 1.82) is 0 Å². The summed E-state index contributed by atoms with van der Waals surface area (Å²) in [6.45, 7) is 3.45. The Morgan fingerprint density at radius 3 is 2.37 bits per heavy atom. The largest absolute Gasteiger partial charge is 0.339 e.